The SMILES string of the molecule is COc1ccc(NC(=O)c2ccc(Cl)cc2)cc1NC(=O)c1ccc(Cl)cc1F. The molecule has 0 fully saturated rings. The van der Waals surface area contributed by atoms with Gasteiger partial charge in [-0.05, 0) is 60.7 Å². The van der Waals surface area contributed by atoms with Crippen LogP contribution in [-0.4, -0.2) is 18.9 Å². The normalized spacial score (nSPS) is 10.3. The molecule has 0 aromatic heterocycles. The number of carbonyl (C=O) groups excluding carboxylic acids is 2. The van der Waals surface area contributed by atoms with E-state index in [1.807, 2.05) is 0 Å². The number of rotatable bonds is 5. The largest absolute Gasteiger partial charge is 0.495 e. The van der Waals surface area contributed by atoms with Gasteiger partial charge in [0.25, 0.3) is 11.8 Å². The zero-order chi connectivity index (χ0) is 21.0. The van der Waals surface area contributed by atoms with E-state index in [1.165, 1.54) is 25.3 Å². The molecular weight excluding hydrogens is 418 g/mol. The average Bonchev–Trinajstić information content (AvgIpc) is 2.68. The molecule has 2 N–H and O–H groups in total. The van der Waals surface area contributed by atoms with E-state index in [1.54, 1.807) is 36.4 Å². The highest BCUT2D eigenvalue weighted by Crippen LogP contribution is 2.29. The van der Waals surface area contributed by atoms with Crippen molar-refractivity contribution in [1.82, 2.24) is 0 Å². The first-order chi connectivity index (χ1) is 13.9. The van der Waals surface area contributed by atoms with Crippen molar-refractivity contribution in [2.75, 3.05) is 17.7 Å². The zero-order valence-electron chi connectivity index (χ0n) is 15.1. The second kappa shape index (κ2) is 8.94. The summed E-state index contributed by atoms with van der Waals surface area (Å²) >= 11 is 11.5. The maximum atomic E-state index is 14.0. The second-order valence-corrected chi connectivity index (χ2v) is 6.83. The minimum absolute atomic E-state index is 0.174. The number of ether oxygens (including phenoxy) is 1. The van der Waals surface area contributed by atoms with Crippen LogP contribution in [0, 0.1) is 5.82 Å². The van der Waals surface area contributed by atoms with E-state index < -0.39 is 11.7 Å². The monoisotopic (exact) mass is 432 g/mol. The highest BCUT2D eigenvalue weighted by molar-refractivity contribution is 6.31. The molecule has 0 saturated heterocycles. The minimum atomic E-state index is -0.749. The van der Waals surface area contributed by atoms with Crippen LogP contribution in [0.1, 0.15) is 20.7 Å². The number of hydrogen-bond donors (Lipinski definition) is 2. The number of nitrogens with one attached hydrogen (secondary N) is 2. The van der Waals surface area contributed by atoms with Crippen molar-refractivity contribution in [2.24, 2.45) is 0 Å². The van der Waals surface area contributed by atoms with Gasteiger partial charge >= 0.3 is 0 Å². The van der Waals surface area contributed by atoms with Gasteiger partial charge < -0.3 is 15.4 Å². The van der Waals surface area contributed by atoms with E-state index in [9.17, 15) is 14.0 Å². The minimum Gasteiger partial charge on any atom is -0.495 e. The van der Waals surface area contributed by atoms with Crippen LogP contribution in [-0.2, 0) is 0 Å². The maximum absolute atomic E-state index is 14.0. The Kier molecular flexibility index (Phi) is 6.36. The molecule has 3 rings (SSSR count). The summed E-state index contributed by atoms with van der Waals surface area (Å²) in [5.74, 6) is -1.44. The predicted octanol–water partition coefficient (Wildman–Crippen LogP) is 5.65. The fourth-order valence-corrected chi connectivity index (χ4v) is 2.84. The van der Waals surface area contributed by atoms with E-state index in [0.717, 1.165) is 6.07 Å². The Hall–Kier alpha value is -3.09. The van der Waals surface area contributed by atoms with Gasteiger partial charge in [0.1, 0.15) is 11.6 Å². The van der Waals surface area contributed by atoms with Crippen LogP contribution < -0.4 is 15.4 Å². The molecule has 0 heterocycles. The Bertz CT molecular complexity index is 1070. The molecule has 29 heavy (non-hydrogen) atoms. The lowest BCUT2D eigenvalue weighted by Crippen LogP contribution is -2.15. The lowest BCUT2D eigenvalue weighted by molar-refractivity contribution is 0.101. The van der Waals surface area contributed by atoms with Crippen molar-refractivity contribution >= 4 is 46.4 Å². The van der Waals surface area contributed by atoms with E-state index in [2.05, 4.69) is 10.6 Å². The first-order valence-corrected chi connectivity index (χ1v) is 9.14. The molecule has 3 aromatic rings. The quantitative estimate of drug-likeness (QED) is 0.547. The summed E-state index contributed by atoms with van der Waals surface area (Å²) in [6.07, 6.45) is 0. The number of methoxy groups -OCH3 is 1. The molecule has 148 valence electrons. The van der Waals surface area contributed by atoms with Crippen molar-refractivity contribution in [3.05, 3.63) is 87.7 Å². The Morgan fingerprint density at radius 2 is 1.55 bits per heavy atom. The number of carbonyl (C=O) groups is 2. The molecule has 0 saturated carbocycles. The topological polar surface area (TPSA) is 67.4 Å². The second-order valence-electron chi connectivity index (χ2n) is 5.95. The average molecular weight is 433 g/mol. The van der Waals surface area contributed by atoms with Crippen LogP contribution in [0.25, 0.3) is 0 Å². The smallest absolute Gasteiger partial charge is 0.258 e. The molecule has 0 aliphatic rings. The van der Waals surface area contributed by atoms with Crippen molar-refractivity contribution < 1.29 is 18.7 Å². The van der Waals surface area contributed by atoms with E-state index in [4.69, 9.17) is 27.9 Å². The summed E-state index contributed by atoms with van der Waals surface area (Å²) in [6.45, 7) is 0. The van der Waals surface area contributed by atoms with Crippen molar-refractivity contribution in [3.63, 3.8) is 0 Å². The van der Waals surface area contributed by atoms with Gasteiger partial charge in [-0.15, -0.1) is 0 Å². The summed E-state index contributed by atoms with van der Waals surface area (Å²) in [6, 6.07) is 14.9. The van der Waals surface area contributed by atoms with Crippen molar-refractivity contribution in [3.8, 4) is 5.75 Å². The fourth-order valence-electron chi connectivity index (χ4n) is 2.55. The molecule has 2 amide bonds. The molecule has 5 nitrogen and oxygen atoms in total. The lowest BCUT2D eigenvalue weighted by Gasteiger charge is -2.13. The Labute approximate surface area is 176 Å². The summed E-state index contributed by atoms with van der Waals surface area (Å²) < 4.78 is 19.2. The molecular formula is C21H15Cl2FN2O3. The number of amides is 2. The molecule has 0 bridgehead atoms. The van der Waals surface area contributed by atoms with E-state index in [-0.39, 0.29) is 22.2 Å². The number of hydrogen-bond acceptors (Lipinski definition) is 3. The summed E-state index contributed by atoms with van der Waals surface area (Å²) in [7, 11) is 1.43. The third kappa shape index (κ3) is 5.04. The van der Waals surface area contributed by atoms with Crippen LogP contribution in [0.15, 0.2) is 60.7 Å². The number of halogens is 3. The molecule has 0 atom stereocenters. The zero-order valence-corrected chi connectivity index (χ0v) is 16.6. The molecule has 0 radical (unpaired) electrons. The van der Waals surface area contributed by atoms with Gasteiger partial charge in [-0.1, -0.05) is 23.2 Å². The molecule has 0 spiro atoms. The van der Waals surface area contributed by atoms with Crippen molar-refractivity contribution in [1.29, 1.82) is 0 Å². The van der Waals surface area contributed by atoms with Gasteiger partial charge in [0.15, 0.2) is 0 Å². The van der Waals surface area contributed by atoms with Crippen LogP contribution in [0.3, 0.4) is 0 Å². The van der Waals surface area contributed by atoms with Gasteiger partial charge in [-0.3, -0.25) is 9.59 Å². The van der Waals surface area contributed by atoms with Gasteiger partial charge in [0, 0.05) is 21.3 Å². The molecule has 3 aromatic carbocycles. The standard InChI is InChI=1S/C21H15Cl2FN2O3/c1-29-19-9-7-15(25-20(27)12-2-4-13(22)5-3-12)11-18(19)26-21(28)16-8-6-14(23)10-17(16)24/h2-11H,1H3,(H,25,27)(H,26,28). The molecule has 0 aliphatic heterocycles. The van der Waals surface area contributed by atoms with Crippen LogP contribution in [0.2, 0.25) is 10.0 Å². The van der Waals surface area contributed by atoms with Gasteiger partial charge in [-0.25, -0.2) is 4.39 Å². The van der Waals surface area contributed by atoms with Gasteiger partial charge in [-0.2, -0.15) is 0 Å². The molecule has 8 heteroatoms. The number of benzene rings is 3. The summed E-state index contributed by atoms with van der Waals surface area (Å²) in [4.78, 5) is 24.8. The highest BCUT2D eigenvalue weighted by atomic mass is 35.5. The maximum Gasteiger partial charge on any atom is 0.258 e. The third-order valence-electron chi connectivity index (χ3n) is 3.99. The first-order valence-electron chi connectivity index (χ1n) is 8.39. The van der Waals surface area contributed by atoms with Gasteiger partial charge in [0.2, 0.25) is 0 Å². The lowest BCUT2D eigenvalue weighted by atomic mass is 10.1. The molecule has 0 unspecified atom stereocenters. The van der Waals surface area contributed by atoms with Crippen molar-refractivity contribution in [2.45, 2.75) is 0 Å². The summed E-state index contributed by atoms with van der Waals surface area (Å²) in [5.41, 5.74) is 0.921. The third-order valence-corrected chi connectivity index (χ3v) is 4.47. The fraction of sp³-hybridized carbons (Fsp3) is 0.0476. The Morgan fingerprint density at radius 3 is 2.21 bits per heavy atom. The first kappa shape index (κ1) is 20.6. The van der Waals surface area contributed by atoms with E-state index >= 15 is 0 Å². The van der Waals surface area contributed by atoms with Crippen LogP contribution in [0.4, 0.5) is 15.8 Å². The van der Waals surface area contributed by atoms with Crippen LogP contribution in [0.5, 0.6) is 5.75 Å². The van der Waals surface area contributed by atoms with Gasteiger partial charge in [0.05, 0.1) is 18.4 Å². The Morgan fingerprint density at radius 1 is 0.862 bits per heavy atom. The highest BCUT2D eigenvalue weighted by Gasteiger charge is 2.15. The number of anilines is 2. The predicted molar refractivity (Wildman–Crippen MR) is 112 cm³/mol. The van der Waals surface area contributed by atoms with Crippen LogP contribution >= 0.6 is 23.2 Å². The summed E-state index contributed by atoms with van der Waals surface area (Å²) in [5, 5.41) is 6.01. The Balaban J connectivity index is 1.82. The molecule has 0 aliphatic carbocycles. The van der Waals surface area contributed by atoms with E-state index in [0.29, 0.717) is 22.0 Å².